The van der Waals surface area contributed by atoms with Gasteiger partial charge in [-0.1, -0.05) is 49.3 Å². The van der Waals surface area contributed by atoms with Crippen LogP contribution in [0.4, 0.5) is 9.59 Å². The van der Waals surface area contributed by atoms with Crippen LogP contribution in [-0.4, -0.2) is 87.3 Å². The maximum atomic E-state index is 14.1. The summed E-state index contributed by atoms with van der Waals surface area (Å²) in [5, 5.41) is 15.5. The van der Waals surface area contributed by atoms with Gasteiger partial charge in [-0.2, -0.15) is 0 Å². The summed E-state index contributed by atoms with van der Waals surface area (Å²) in [6, 6.07) is 5.83. The average Bonchev–Trinajstić information content (AvgIpc) is 3.51. The van der Waals surface area contributed by atoms with E-state index in [0.29, 0.717) is 32.4 Å². The molecule has 4 amide bonds. The van der Waals surface area contributed by atoms with E-state index in [9.17, 15) is 29.1 Å². The number of allylic oxidation sites excluding steroid dienone is 1. The Balaban J connectivity index is 1.36. The van der Waals surface area contributed by atoms with E-state index in [-0.39, 0.29) is 25.3 Å². The van der Waals surface area contributed by atoms with Gasteiger partial charge >= 0.3 is 18.2 Å². The molecule has 5 rings (SSSR count). The second-order valence-corrected chi connectivity index (χ2v) is 13.5. The lowest BCUT2D eigenvalue weighted by Gasteiger charge is -2.30. The van der Waals surface area contributed by atoms with E-state index in [2.05, 4.69) is 10.6 Å². The lowest BCUT2D eigenvalue weighted by Crippen LogP contribution is -2.56. The zero-order valence-corrected chi connectivity index (χ0v) is 26.3. The number of aliphatic carboxylic acids is 1. The maximum Gasteiger partial charge on any atom is 0.410 e. The molecule has 12 heteroatoms. The number of ether oxygens (including phenoxy) is 2. The topological polar surface area (TPSA) is 155 Å². The second kappa shape index (κ2) is 13.1. The highest BCUT2D eigenvalue weighted by atomic mass is 16.6. The van der Waals surface area contributed by atoms with Gasteiger partial charge in [0.25, 0.3) is 0 Å². The van der Waals surface area contributed by atoms with Crippen LogP contribution >= 0.6 is 0 Å². The van der Waals surface area contributed by atoms with Crippen LogP contribution < -0.4 is 10.6 Å². The molecule has 2 fully saturated rings. The number of carbonyl (C=O) groups excluding carboxylic acids is 4. The predicted molar refractivity (Wildman–Crippen MR) is 163 cm³/mol. The summed E-state index contributed by atoms with van der Waals surface area (Å²) in [4.78, 5) is 69.1. The average molecular weight is 625 g/mol. The van der Waals surface area contributed by atoms with Crippen LogP contribution in [0, 0.1) is 5.92 Å². The van der Waals surface area contributed by atoms with Crippen molar-refractivity contribution < 1.29 is 38.6 Å². The molecule has 1 saturated carbocycles. The number of benzene rings is 1. The molecule has 0 radical (unpaired) electrons. The van der Waals surface area contributed by atoms with Crippen molar-refractivity contribution in [2.24, 2.45) is 5.92 Å². The van der Waals surface area contributed by atoms with Crippen LogP contribution in [0.5, 0.6) is 0 Å². The van der Waals surface area contributed by atoms with E-state index in [0.717, 1.165) is 24.8 Å². The van der Waals surface area contributed by atoms with Crippen molar-refractivity contribution in [3.63, 3.8) is 0 Å². The van der Waals surface area contributed by atoms with Crippen molar-refractivity contribution in [3.05, 3.63) is 47.5 Å². The summed E-state index contributed by atoms with van der Waals surface area (Å²) in [7, 11) is 0. The van der Waals surface area contributed by atoms with Crippen LogP contribution in [-0.2, 0) is 36.8 Å². The smallest absolute Gasteiger partial charge is 0.410 e. The van der Waals surface area contributed by atoms with Crippen molar-refractivity contribution >= 4 is 30.0 Å². The van der Waals surface area contributed by atoms with Crippen LogP contribution in [0.15, 0.2) is 36.4 Å². The molecular weight excluding hydrogens is 580 g/mol. The third kappa shape index (κ3) is 7.59. The van der Waals surface area contributed by atoms with Gasteiger partial charge in [0.1, 0.15) is 29.3 Å². The highest BCUT2D eigenvalue weighted by Gasteiger charge is 2.61. The fourth-order valence-corrected chi connectivity index (χ4v) is 6.47. The minimum absolute atomic E-state index is 0.00308. The van der Waals surface area contributed by atoms with Gasteiger partial charge < -0.3 is 35.0 Å². The SMILES string of the molecule is CC(C)(C)OC(=O)N[C@H]1CCCCC/C=C\[C@H]2C[C@]2(C(=O)O)NC(=O)[C@@H]2C[C@@H](OC(=O)N3CCc4ccccc4C3)CN2C1=O. The Kier molecular flexibility index (Phi) is 9.41. The molecule has 45 heavy (non-hydrogen) atoms. The molecule has 4 aliphatic rings. The minimum Gasteiger partial charge on any atom is -0.479 e. The first-order chi connectivity index (χ1) is 21.4. The fraction of sp³-hybridized carbons (Fsp3) is 0.606. The van der Waals surface area contributed by atoms with Gasteiger partial charge in [-0.15, -0.1) is 0 Å². The van der Waals surface area contributed by atoms with E-state index < -0.39 is 59.3 Å². The molecule has 0 bridgehead atoms. The number of amides is 4. The van der Waals surface area contributed by atoms with E-state index >= 15 is 0 Å². The number of carbonyl (C=O) groups is 5. The number of carboxylic acids is 1. The van der Waals surface area contributed by atoms with Gasteiger partial charge in [-0.05, 0) is 64.0 Å². The molecule has 0 unspecified atom stereocenters. The lowest BCUT2D eigenvalue weighted by atomic mass is 10.0. The largest absolute Gasteiger partial charge is 0.479 e. The number of alkyl carbamates (subject to hydrolysis) is 1. The highest BCUT2D eigenvalue weighted by molar-refractivity contribution is 5.96. The van der Waals surface area contributed by atoms with Crippen LogP contribution in [0.3, 0.4) is 0 Å². The summed E-state index contributed by atoms with van der Waals surface area (Å²) in [6.45, 7) is 5.98. The Morgan fingerprint density at radius 3 is 2.58 bits per heavy atom. The van der Waals surface area contributed by atoms with Gasteiger partial charge in [-0.25, -0.2) is 14.4 Å². The lowest BCUT2D eigenvalue weighted by molar-refractivity contribution is -0.145. The molecule has 1 saturated heterocycles. The molecule has 1 aliphatic carbocycles. The molecule has 12 nitrogen and oxygen atoms in total. The third-order valence-electron chi connectivity index (χ3n) is 8.97. The van der Waals surface area contributed by atoms with Crippen molar-refractivity contribution in [2.75, 3.05) is 13.1 Å². The van der Waals surface area contributed by atoms with E-state index in [1.807, 2.05) is 36.4 Å². The zero-order chi connectivity index (χ0) is 32.4. The van der Waals surface area contributed by atoms with Crippen molar-refractivity contribution in [2.45, 2.75) is 108 Å². The number of fused-ring (bicyclic) bond motifs is 3. The minimum atomic E-state index is -1.45. The second-order valence-electron chi connectivity index (χ2n) is 13.5. The van der Waals surface area contributed by atoms with Gasteiger partial charge in [0.05, 0.1) is 6.54 Å². The van der Waals surface area contributed by atoms with Gasteiger partial charge in [0.2, 0.25) is 11.8 Å². The fourth-order valence-electron chi connectivity index (χ4n) is 6.47. The molecule has 1 aromatic rings. The summed E-state index contributed by atoms with van der Waals surface area (Å²) >= 11 is 0. The zero-order valence-electron chi connectivity index (χ0n) is 26.3. The maximum absolute atomic E-state index is 14.1. The summed E-state index contributed by atoms with van der Waals surface area (Å²) in [6.07, 6.45) is 5.97. The number of nitrogens with one attached hydrogen (secondary N) is 2. The van der Waals surface area contributed by atoms with Gasteiger partial charge in [0.15, 0.2) is 0 Å². The highest BCUT2D eigenvalue weighted by Crippen LogP contribution is 2.45. The van der Waals surface area contributed by atoms with Crippen molar-refractivity contribution in [1.82, 2.24) is 20.4 Å². The van der Waals surface area contributed by atoms with Gasteiger partial charge in [-0.3, -0.25) is 9.59 Å². The number of rotatable bonds is 3. The van der Waals surface area contributed by atoms with Crippen molar-refractivity contribution in [3.8, 4) is 0 Å². The molecule has 3 N–H and O–H groups in total. The molecule has 0 spiro atoms. The number of hydrogen-bond acceptors (Lipinski definition) is 7. The Hall–Kier alpha value is -4.09. The summed E-state index contributed by atoms with van der Waals surface area (Å²) in [5.74, 6) is -2.62. The monoisotopic (exact) mass is 624 g/mol. The molecule has 0 aromatic heterocycles. The molecule has 3 heterocycles. The first-order valence-electron chi connectivity index (χ1n) is 15.9. The van der Waals surface area contributed by atoms with Crippen LogP contribution in [0.25, 0.3) is 0 Å². The van der Waals surface area contributed by atoms with E-state index in [4.69, 9.17) is 9.47 Å². The molecule has 5 atom stereocenters. The third-order valence-corrected chi connectivity index (χ3v) is 8.97. The Morgan fingerprint density at radius 2 is 1.84 bits per heavy atom. The number of carboxylic acid groups (broad SMARTS) is 1. The quantitative estimate of drug-likeness (QED) is 0.432. The molecule has 244 valence electrons. The summed E-state index contributed by atoms with van der Waals surface area (Å²) in [5.41, 5.74) is -0.0144. The number of nitrogens with zero attached hydrogens (tertiary/aromatic N) is 2. The first kappa shape index (κ1) is 32.3. The Bertz CT molecular complexity index is 1360. The Morgan fingerprint density at radius 1 is 1.09 bits per heavy atom. The number of hydrogen-bond donors (Lipinski definition) is 3. The van der Waals surface area contributed by atoms with Crippen LogP contribution in [0.2, 0.25) is 0 Å². The normalized spacial score (nSPS) is 29.5. The molecular formula is C33H44N4O8. The molecule has 3 aliphatic heterocycles. The van der Waals surface area contributed by atoms with Crippen molar-refractivity contribution in [1.29, 1.82) is 0 Å². The first-order valence-corrected chi connectivity index (χ1v) is 15.9. The molecule has 1 aromatic carbocycles. The summed E-state index contributed by atoms with van der Waals surface area (Å²) < 4.78 is 11.3. The van der Waals surface area contributed by atoms with Crippen LogP contribution in [0.1, 0.15) is 76.8 Å². The standard InChI is InChI=1S/C33H44N4O8/c1-32(2,3)45-30(42)34-25-14-8-6-4-5-7-13-23-18-33(23,29(40)41)35-27(38)26-17-24(20-37(26)28(25)39)44-31(43)36-16-15-21-11-9-10-12-22(21)19-36/h7,9-13,23-26H,4-6,8,14-20H2,1-3H3,(H,34,42)(H,35,38)(H,40,41)/b13-7-/t23-,24+,25-,26-,33-/m0/s1. The predicted octanol–water partition coefficient (Wildman–Crippen LogP) is 3.52. The van der Waals surface area contributed by atoms with E-state index in [1.54, 1.807) is 25.7 Å². The van der Waals surface area contributed by atoms with Gasteiger partial charge in [0, 0.05) is 25.4 Å². The van der Waals surface area contributed by atoms with E-state index in [1.165, 1.54) is 10.5 Å². The Labute approximate surface area is 263 Å².